The van der Waals surface area contributed by atoms with E-state index in [1.54, 1.807) is 27.2 Å². The van der Waals surface area contributed by atoms with E-state index >= 15 is 0 Å². The highest BCUT2D eigenvalue weighted by Gasteiger charge is 2.18. The monoisotopic (exact) mass is 304 g/mol. The van der Waals surface area contributed by atoms with Gasteiger partial charge < -0.3 is 19.3 Å². The number of ether oxygens (including phenoxy) is 2. The van der Waals surface area contributed by atoms with Crippen LogP contribution in [-0.4, -0.2) is 25.3 Å². The summed E-state index contributed by atoms with van der Waals surface area (Å²) in [6.07, 6.45) is 0. The first-order chi connectivity index (χ1) is 10.5. The lowest BCUT2D eigenvalue weighted by Gasteiger charge is -2.18. The van der Waals surface area contributed by atoms with Crippen LogP contribution in [0.2, 0.25) is 0 Å². The van der Waals surface area contributed by atoms with Crippen LogP contribution in [0.15, 0.2) is 22.7 Å². The molecule has 1 N–H and O–H groups in total. The topological polar surface area (TPSA) is 73.6 Å². The van der Waals surface area contributed by atoms with Gasteiger partial charge in [0.25, 0.3) is 5.91 Å². The van der Waals surface area contributed by atoms with Crippen molar-refractivity contribution in [2.45, 2.75) is 26.8 Å². The number of methoxy groups -OCH3 is 2. The minimum absolute atomic E-state index is 0.197. The number of aryl methyl sites for hydroxylation is 2. The highest BCUT2D eigenvalue weighted by Crippen LogP contribution is 2.32. The van der Waals surface area contributed by atoms with Crippen molar-refractivity contribution in [1.82, 2.24) is 10.5 Å². The summed E-state index contributed by atoms with van der Waals surface area (Å²) in [7, 11) is 3.17. The van der Waals surface area contributed by atoms with Crippen LogP contribution in [-0.2, 0) is 0 Å². The number of benzene rings is 1. The second-order valence-electron chi connectivity index (χ2n) is 5.09. The molecule has 0 aliphatic rings. The molecule has 1 aromatic heterocycles. The van der Waals surface area contributed by atoms with Crippen molar-refractivity contribution in [2.24, 2.45) is 0 Å². The normalized spacial score (nSPS) is 11.9. The van der Waals surface area contributed by atoms with Gasteiger partial charge in [-0.25, -0.2) is 0 Å². The molecule has 0 unspecified atom stereocenters. The SMILES string of the molecule is COc1cc(C)c([C@@H](C)NC(=O)c2cc(C)no2)cc1OC. The van der Waals surface area contributed by atoms with Crippen LogP contribution in [0.4, 0.5) is 0 Å². The van der Waals surface area contributed by atoms with Gasteiger partial charge >= 0.3 is 0 Å². The fourth-order valence-corrected chi connectivity index (χ4v) is 2.28. The maximum absolute atomic E-state index is 12.1. The molecule has 2 rings (SSSR count). The minimum Gasteiger partial charge on any atom is -0.493 e. The molecule has 0 saturated heterocycles. The van der Waals surface area contributed by atoms with Gasteiger partial charge in [0.05, 0.1) is 26.0 Å². The summed E-state index contributed by atoms with van der Waals surface area (Å²) < 4.78 is 15.5. The Kier molecular flexibility index (Phi) is 4.70. The first kappa shape index (κ1) is 15.9. The number of carbonyl (C=O) groups is 1. The summed E-state index contributed by atoms with van der Waals surface area (Å²) in [5, 5.41) is 6.60. The molecule has 0 aliphatic carbocycles. The fraction of sp³-hybridized carbons (Fsp3) is 0.375. The Morgan fingerprint density at radius 1 is 1.18 bits per heavy atom. The van der Waals surface area contributed by atoms with Gasteiger partial charge in [0.1, 0.15) is 0 Å². The van der Waals surface area contributed by atoms with Crippen molar-refractivity contribution in [3.05, 3.63) is 40.8 Å². The van der Waals surface area contributed by atoms with Crippen LogP contribution in [0.25, 0.3) is 0 Å². The largest absolute Gasteiger partial charge is 0.493 e. The molecule has 1 heterocycles. The molecule has 1 amide bonds. The summed E-state index contributed by atoms with van der Waals surface area (Å²) in [6, 6.07) is 5.14. The third-order valence-electron chi connectivity index (χ3n) is 3.44. The third kappa shape index (κ3) is 3.21. The fourth-order valence-electron chi connectivity index (χ4n) is 2.28. The highest BCUT2D eigenvalue weighted by molar-refractivity contribution is 5.91. The summed E-state index contributed by atoms with van der Waals surface area (Å²) in [5.74, 6) is 1.18. The molecule has 0 bridgehead atoms. The quantitative estimate of drug-likeness (QED) is 0.919. The zero-order chi connectivity index (χ0) is 16.3. The maximum Gasteiger partial charge on any atom is 0.290 e. The molecule has 2 aromatic rings. The summed E-state index contributed by atoms with van der Waals surface area (Å²) in [6.45, 7) is 5.62. The number of hydrogen-bond acceptors (Lipinski definition) is 5. The van der Waals surface area contributed by atoms with Crippen LogP contribution in [0, 0.1) is 13.8 Å². The zero-order valence-electron chi connectivity index (χ0n) is 13.4. The molecule has 1 aromatic carbocycles. The number of aromatic nitrogens is 1. The molecule has 0 spiro atoms. The predicted octanol–water partition coefficient (Wildman–Crippen LogP) is 2.80. The molecule has 118 valence electrons. The number of hydrogen-bond donors (Lipinski definition) is 1. The van der Waals surface area contributed by atoms with E-state index in [1.807, 2.05) is 26.0 Å². The van der Waals surface area contributed by atoms with Gasteiger partial charge in [0, 0.05) is 6.07 Å². The standard InChI is InChI=1S/C16H20N2O4/c1-9-6-13(20-4)14(21-5)8-12(9)11(3)17-16(19)15-7-10(2)18-22-15/h6-8,11H,1-5H3,(H,17,19)/t11-/m1/s1. The van der Waals surface area contributed by atoms with E-state index in [9.17, 15) is 4.79 Å². The van der Waals surface area contributed by atoms with E-state index in [4.69, 9.17) is 14.0 Å². The van der Waals surface area contributed by atoms with Gasteiger partial charge in [-0.15, -0.1) is 0 Å². The van der Waals surface area contributed by atoms with E-state index < -0.39 is 0 Å². The van der Waals surface area contributed by atoms with E-state index in [0.717, 1.165) is 11.1 Å². The average molecular weight is 304 g/mol. The highest BCUT2D eigenvalue weighted by atomic mass is 16.5. The van der Waals surface area contributed by atoms with Crippen molar-refractivity contribution in [1.29, 1.82) is 0 Å². The van der Waals surface area contributed by atoms with Crippen molar-refractivity contribution in [3.8, 4) is 11.5 Å². The van der Waals surface area contributed by atoms with Crippen molar-refractivity contribution in [3.63, 3.8) is 0 Å². The van der Waals surface area contributed by atoms with Gasteiger partial charge in [0.2, 0.25) is 5.76 Å². The van der Waals surface area contributed by atoms with Gasteiger partial charge in [-0.2, -0.15) is 0 Å². The van der Waals surface area contributed by atoms with Crippen molar-refractivity contribution in [2.75, 3.05) is 14.2 Å². The second-order valence-corrected chi connectivity index (χ2v) is 5.09. The first-order valence-electron chi connectivity index (χ1n) is 6.93. The molecule has 0 radical (unpaired) electrons. The lowest BCUT2D eigenvalue weighted by molar-refractivity contribution is 0.0902. The van der Waals surface area contributed by atoms with Crippen LogP contribution in [0.3, 0.4) is 0 Å². The van der Waals surface area contributed by atoms with E-state index in [-0.39, 0.29) is 17.7 Å². The Morgan fingerprint density at radius 2 is 1.82 bits per heavy atom. The van der Waals surface area contributed by atoms with Gasteiger partial charge in [0.15, 0.2) is 11.5 Å². The van der Waals surface area contributed by atoms with Crippen LogP contribution < -0.4 is 14.8 Å². The van der Waals surface area contributed by atoms with E-state index in [0.29, 0.717) is 17.2 Å². The van der Waals surface area contributed by atoms with Gasteiger partial charge in [-0.1, -0.05) is 5.16 Å². The Labute approximate surface area is 129 Å². The van der Waals surface area contributed by atoms with Crippen molar-refractivity contribution >= 4 is 5.91 Å². The lowest BCUT2D eigenvalue weighted by Crippen LogP contribution is -2.26. The molecule has 0 aliphatic heterocycles. The van der Waals surface area contributed by atoms with Gasteiger partial charge in [-0.3, -0.25) is 4.79 Å². The Balaban J connectivity index is 2.22. The third-order valence-corrected chi connectivity index (χ3v) is 3.44. The molecule has 1 atom stereocenters. The number of carbonyl (C=O) groups excluding carboxylic acids is 1. The molecular formula is C16H20N2O4. The van der Waals surface area contributed by atoms with Crippen LogP contribution in [0.1, 0.15) is 40.3 Å². The average Bonchev–Trinajstić information content (AvgIpc) is 2.93. The number of amides is 1. The summed E-state index contributed by atoms with van der Waals surface area (Å²) >= 11 is 0. The second kappa shape index (κ2) is 6.51. The Morgan fingerprint density at radius 3 is 2.36 bits per heavy atom. The van der Waals surface area contributed by atoms with Crippen molar-refractivity contribution < 1.29 is 18.8 Å². The Bertz CT molecular complexity index is 679. The summed E-state index contributed by atoms with van der Waals surface area (Å²) in [4.78, 5) is 12.1. The van der Waals surface area contributed by atoms with Crippen LogP contribution in [0.5, 0.6) is 11.5 Å². The minimum atomic E-state index is -0.303. The first-order valence-corrected chi connectivity index (χ1v) is 6.93. The van der Waals surface area contributed by atoms with E-state index in [2.05, 4.69) is 10.5 Å². The maximum atomic E-state index is 12.1. The smallest absolute Gasteiger partial charge is 0.290 e. The number of nitrogens with zero attached hydrogens (tertiary/aromatic N) is 1. The predicted molar refractivity (Wildman–Crippen MR) is 81.4 cm³/mol. The van der Waals surface area contributed by atoms with E-state index in [1.165, 1.54) is 0 Å². The molecular weight excluding hydrogens is 284 g/mol. The Hall–Kier alpha value is -2.50. The molecule has 22 heavy (non-hydrogen) atoms. The lowest BCUT2D eigenvalue weighted by atomic mass is 10.0. The zero-order valence-corrected chi connectivity index (χ0v) is 13.4. The molecule has 0 fully saturated rings. The van der Waals surface area contributed by atoms with Gasteiger partial charge in [-0.05, 0) is 44.0 Å². The molecule has 0 saturated carbocycles. The molecule has 6 nitrogen and oxygen atoms in total. The summed E-state index contributed by atoms with van der Waals surface area (Å²) in [5.41, 5.74) is 2.61. The van der Waals surface area contributed by atoms with Crippen LogP contribution >= 0.6 is 0 Å². The number of rotatable bonds is 5. The number of nitrogens with one attached hydrogen (secondary N) is 1. The molecule has 6 heteroatoms.